The van der Waals surface area contributed by atoms with Gasteiger partial charge in [-0.05, 0) is 35.9 Å². The molecule has 1 heteroatoms. The third-order valence-electron chi connectivity index (χ3n) is 3.85. The first-order valence-corrected chi connectivity index (χ1v) is 6.37. The van der Waals surface area contributed by atoms with Gasteiger partial charge in [0, 0.05) is 11.5 Å². The van der Waals surface area contributed by atoms with Crippen molar-refractivity contribution >= 4 is 10.8 Å². The van der Waals surface area contributed by atoms with E-state index in [1.165, 1.54) is 21.9 Å². The van der Waals surface area contributed by atoms with Gasteiger partial charge < -0.3 is 4.74 Å². The van der Waals surface area contributed by atoms with Gasteiger partial charge >= 0.3 is 0 Å². The Balaban J connectivity index is 1.91. The molecule has 0 radical (unpaired) electrons. The molecule has 88 valence electrons. The van der Waals surface area contributed by atoms with Crippen molar-refractivity contribution in [2.45, 2.75) is 18.9 Å². The zero-order valence-corrected chi connectivity index (χ0v) is 10.3. The fourth-order valence-corrected chi connectivity index (χ4v) is 2.92. The molecule has 0 saturated carbocycles. The first-order valence-electron chi connectivity index (χ1n) is 6.37. The van der Waals surface area contributed by atoms with Crippen LogP contribution in [-0.2, 0) is 0 Å². The van der Waals surface area contributed by atoms with Crippen molar-refractivity contribution in [2.75, 3.05) is 0 Å². The average molecular weight is 234 g/mol. The minimum absolute atomic E-state index is 0.182. The predicted octanol–water partition coefficient (Wildman–Crippen LogP) is 4.20. The van der Waals surface area contributed by atoms with Crippen molar-refractivity contribution in [2.24, 2.45) is 0 Å². The lowest BCUT2D eigenvalue weighted by Gasteiger charge is -2.16. The van der Waals surface area contributed by atoms with Crippen LogP contribution in [0.5, 0.6) is 5.75 Å². The summed E-state index contributed by atoms with van der Waals surface area (Å²) < 4.78 is 6.06. The smallest absolute Gasteiger partial charge is 0.128 e. The Morgan fingerprint density at radius 2 is 1.83 bits per heavy atom. The van der Waals surface area contributed by atoms with E-state index < -0.39 is 0 Å². The lowest BCUT2D eigenvalue weighted by molar-refractivity contribution is 0.268. The standard InChI is InChI=1S/C17H14O/c1-11-6-7-14-15-9-12-4-2-3-5-13(12)10-17(15)18-16(14)8-11/h2-10,14,16H,1H3. The number of allylic oxidation sites excluding steroid dienone is 2. The average Bonchev–Trinajstić information content (AvgIpc) is 2.72. The van der Waals surface area contributed by atoms with Crippen molar-refractivity contribution in [1.29, 1.82) is 0 Å². The molecule has 2 aromatic carbocycles. The van der Waals surface area contributed by atoms with E-state index in [0.29, 0.717) is 5.92 Å². The van der Waals surface area contributed by atoms with E-state index in [9.17, 15) is 0 Å². The van der Waals surface area contributed by atoms with Crippen LogP contribution in [0.25, 0.3) is 10.8 Å². The third kappa shape index (κ3) is 1.34. The molecule has 0 fully saturated rings. The van der Waals surface area contributed by atoms with Gasteiger partial charge in [0.15, 0.2) is 0 Å². The van der Waals surface area contributed by atoms with Crippen LogP contribution >= 0.6 is 0 Å². The Kier molecular flexibility index (Phi) is 1.93. The summed E-state index contributed by atoms with van der Waals surface area (Å²) in [5.74, 6) is 1.42. The fourth-order valence-electron chi connectivity index (χ4n) is 2.92. The van der Waals surface area contributed by atoms with Crippen molar-refractivity contribution in [3.63, 3.8) is 0 Å². The first kappa shape index (κ1) is 9.95. The quantitative estimate of drug-likeness (QED) is 0.663. The zero-order chi connectivity index (χ0) is 12.1. The highest BCUT2D eigenvalue weighted by Crippen LogP contribution is 2.43. The van der Waals surface area contributed by atoms with Gasteiger partial charge in [0.2, 0.25) is 0 Å². The molecular formula is C17H14O. The number of ether oxygens (including phenoxy) is 1. The molecule has 0 aromatic heterocycles. The van der Waals surface area contributed by atoms with Crippen LogP contribution in [0.2, 0.25) is 0 Å². The summed E-state index contributed by atoms with van der Waals surface area (Å²) in [5.41, 5.74) is 2.60. The molecule has 0 N–H and O–H groups in total. The lowest BCUT2D eigenvalue weighted by atomic mass is 9.89. The highest BCUT2D eigenvalue weighted by Gasteiger charge is 2.32. The molecule has 18 heavy (non-hydrogen) atoms. The second-order valence-electron chi connectivity index (χ2n) is 5.12. The number of benzene rings is 2. The van der Waals surface area contributed by atoms with Crippen LogP contribution in [-0.4, -0.2) is 6.10 Å². The molecule has 0 amide bonds. The van der Waals surface area contributed by atoms with E-state index in [1.807, 2.05) is 0 Å². The maximum atomic E-state index is 6.06. The fraction of sp³-hybridized carbons (Fsp3) is 0.176. The molecule has 0 bridgehead atoms. The molecule has 0 spiro atoms. The van der Waals surface area contributed by atoms with Crippen molar-refractivity contribution in [3.8, 4) is 5.75 Å². The highest BCUT2D eigenvalue weighted by atomic mass is 16.5. The van der Waals surface area contributed by atoms with Crippen LogP contribution in [0.3, 0.4) is 0 Å². The Hall–Kier alpha value is -2.02. The molecule has 4 rings (SSSR count). The van der Waals surface area contributed by atoms with Gasteiger partial charge in [0.25, 0.3) is 0 Å². The number of rotatable bonds is 0. The van der Waals surface area contributed by atoms with E-state index in [4.69, 9.17) is 4.74 Å². The largest absolute Gasteiger partial charge is 0.485 e. The molecule has 0 saturated heterocycles. The normalized spacial score (nSPS) is 24.4. The Labute approximate surface area is 106 Å². The SMILES string of the molecule is CC1=CC2Oc3cc4ccccc4cc3C2C=C1. The van der Waals surface area contributed by atoms with Gasteiger partial charge in [0.1, 0.15) is 11.9 Å². The van der Waals surface area contributed by atoms with E-state index in [2.05, 4.69) is 61.5 Å². The topological polar surface area (TPSA) is 9.23 Å². The second kappa shape index (κ2) is 3.49. The van der Waals surface area contributed by atoms with Crippen molar-refractivity contribution in [1.82, 2.24) is 0 Å². The van der Waals surface area contributed by atoms with Gasteiger partial charge in [-0.25, -0.2) is 0 Å². The minimum atomic E-state index is 0.182. The molecule has 2 atom stereocenters. The number of fused-ring (bicyclic) bond motifs is 4. The molecule has 2 aliphatic rings. The summed E-state index contributed by atoms with van der Waals surface area (Å²) in [5, 5.41) is 2.54. The van der Waals surface area contributed by atoms with Gasteiger partial charge in [-0.2, -0.15) is 0 Å². The van der Waals surface area contributed by atoms with Crippen molar-refractivity contribution < 1.29 is 4.74 Å². The lowest BCUT2D eigenvalue weighted by Crippen LogP contribution is -2.16. The Morgan fingerprint density at radius 3 is 2.67 bits per heavy atom. The van der Waals surface area contributed by atoms with E-state index in [1.54, 1.807) is 0 Å². The number of hydrogen-bond donors (Lipinski definition) is 0. The summed E-state index contributed by atoms with van der Waals surface area (Å²) in [6, 6.07) is 12.9. The van der Waals surface area contributed by atoms with E-state index in [-0.39, 0.29) is 6.10 Å². The minimum Gasteiger partial charge on any atom is -0.485 e. The maximum Gasteiger partial charge on any atom is 0.128 e. The van der Waals surface area contributed by atoms with Crippen LogP contribution in [0.15, 0.2) is 60.2 Å². The highest BCUT2D eigenvalue weighted by molar-refractivity contribution is 5.85. The number of hydrogen-bond acceptors (Lipinski definition) is 1. The summed E-state index contributed by atoms with van der Waals surface area (Å²) in [7, 11) is 0. The zero-order valence-electron chi connectivity index (χ0n) is 10.3. The molecule has 1 nitrogen and oxygen atoms in total. The van der Waals surface area contributed by atoms with Crippen LogP contribution < -0.4 is 4.74 Å². The van der Waals surface area contributed by atoms with Gasteiger partial charge in [0.05, 0.1) is 0 Å². The van der Waals surface area contributed by atoms with Crippen LogP contribution in [0, 0.1) is 0 Å². The summed E-state index contributed by atoms with van der Waals surface area (Å²) in [4.78, 5) is 0. The monoisotopic (exact) mass is 234 g/mol. The first-order chi connectivity index (χ1) is 8.81. The van der Waals surface area contributed by atoms with Gasteiger partial charge in [-0.1, -0.05) is 42.0 Å². The van der Waals surface area contributed by atoms with Gasteiger partial charge in [-0.15, -0.1) is 0 Å². The summed E-state index contributed by atoms with van der Waals surface area (Å²) >= 11 is 0. The van der Waals surface area contributed by atoms with Crippen molar-refractivity contribution in [3.05, 3.63) is 65.8 Å². The Bertz CT molecular complexity index is 694. The maximum absolute atomic E-state index is 6.06. The summed E-state index contributed by atoms with van der Waals surface area (Å²) in [6.45, 7) is 2.12. The Morgan fingerprint density at radius 1 is 1.06 bits per heavy atom. The molecular weight excluding hydrogens is 220 g/mol. The second-order valence-corrected chi connectivity index (χ2v) is 5.12. The molecule has 1 aliphatic heterocycles. The van der Waals surface area contributed by atoms with Crippen LogP contribution in [0.1, 0.15) is 18.4 Å². The molecule has 1 heterocycles. The third-order valence-corrected chi connectivity index (χ3v) is 3.85. The van der Waals surface area contributed by atoms with Gasteiger partial charge in [-0.3, -0.25) is 0 Å². The molecule has 2 unspecified atom stereocenters. The molecule has 2 aromatic rings. The van der Waals surface area contributed by atoms with E-state index in [0.717, 1.165) is 5.75 Å². The van der Waals surface area contributed by atoms with E-state index >= 15 is 0 Å². The summed E-state index contributed by atoms with van der Waals surface area (Å²) in [6.07, 6.45) is 6.85. The molecule has 1 aliphatic carbocycles. The predicted molar refractivity (Wildman–Crippen MR) is 74.0 cm³/mol. The van der Waals surface area contributed by atoms with Crippen LogP contribution in [0.4, 0.5) is 0 Å².